The maximum Gasteiger partial charge on any atom is 0.356 e. The van der Waals surface area contributed by atoms with Gasteiger partial charge in [-0.2, -0.15) is 5.10 Å². The van der Waals surface area contributed by atoms with Gasteiger partial charge in [0.15, 0.2) is 14.1 Å². The van der Waals surface area contributed by atoms with E-state index in [0.717, 1.165) is 21.6 Å². The molecule has 11 heteroatoms. The second kappa shape index (κ2) is 16.3. The molecule has 5 rings (SSSR count). The predicted molar refractivity (Wildman–Crippen MR) is 216 cm³/mol. The highest BCUT2D eigenvalue weighted by Crippen LogP contribution is 2.50. The molecule has 4 aromatic rings. The number of carbonyl (C=O) groups is 3. The van der Waals surface area contributed by atoms with Crippen molar-refractivity contribution in [3.63, 3.8) is 0 Å². The first-order valence-electron chi connectivity index (χ1n) is 18.1. The zero-order valence-electron chi connectivity index (χ0n) is 31.9. The van der Waals surface area contributed by atoms with Gasteiger partial charge in [-0.05, 0) is 54.0 Å². The summed E-state index contributed by atoms with van der Waals surface area (Å²) >= 11 is 0. The van der Waals surface area contributed by atoms with Gasteiger partial charge in [-0.25, -0.2) is 4.79 Å². The summed E-state index contributed by atoms with van der Waals surface area (Å²) in [4.78, 5) is 45.7. The van der Waals surface area contributed by atoms with E-state index < -0.39 is 39.2 Å². The van der Waals surface area contributed by atoms with Crippen molar-refractivity contribution in [3.8, 4) is 0 Å². The predicted octanol–water partition coefficient (Wildman–Crippen LogP) is 5.85. The van der Waals surface area contributed by atoms with Crippen molar-refractivity contribution >= 4 is 54.2 Å². The Morgan fingerprint density at radius 1 is 0.962 bits per heavy atom. The molecule has 3 aromatic carbocycles. The van der Waals surface area contributed by atoms with Gasteiger partial charge in [0.2, 0.25) is 5.91 Å². The lowest BCUT2D eigenvalue weighted by Crippen LogP contribution is -2.69. The summed E-state index contributed by atoms with van der Waals surface area (Å²) in [6, 6.07) is 30.3. The lowest BCUT2D eigenvalue weighted by molar-refractivity contribution is -0.156. The molecule has 1 saturated heterocycles. The maximum atomic E-state index is 15.0. The van der Waals surface area contributed by atoms with Gasteiger partial charge < -0.3 is 19.2 Å². The Hall–Kier alpha value is -4.34. The molecule has 1 N–H and O–H groups in total. The average Bonchev–Trinajstić information content (AvgIpc) is 3.50. The van der Waals surface area contributed by atoms with Crippen LogP contribution in [0.3, 0.4) is 0 Å². The van der Waals surface area contributed by atoms with E-state index in [2.05, 4.69) is 45.5 Å². The molecule has 3 atom stereocenters. The van der Waals surface area contributed by atoms with Crippen LogP contribution in [-0.2, 0) is 25.3 Å². The molecule has 1 fully saturated rings. The highest BCUT2D eigenvalue weighted by molar-refractivity contribution is 7.96. The Labute approximate surface area is 314 Å². The van der Waals surface area contributed by atoms with Crippen LogP contribution in [0.25, 0.3) is 0 Å². The zero-order chi connectivity index (χ0) is 38.6. The molecule has 0 aliphatic carbocycles. The summed E-state index contributed by atoms with van der Waals surface area (Å²) in [5, 5.41) is 16.5. The van der Waals surface area contributed by atoms with Crippen molar-refractivity contribution in [1.29, 1.82) is 0 Å². The van der Waals surface area contributed by atoms with Gasteiger partial charge in [0.25, 0.3) is 0 Å². The Bertz CT molecular complexity index is 1890. The van der Waals surface area contributed by atoms with E-state index in [4.69, 9.17) is 9.16 Å². The van der Waals surface area contributed by atoms with E-state index in [1.54, 1.807) is 15.6 Å². The van der Waals surface area contributed by atoms with Gasteiger partial charge in [-0.3, -0.25) is 14.3 Å². The topological polar surface area (TPSA) is 111 Å². The molecule has 1 aromatic heterocycles. The highest BCUT2D eigenvalue weighted by atomic mass is 31.2. The van der Waals surface area contributed by atoms with E-state index in [0.29, 0.717) is 0 Å². The number of β-lactam (4-membered cyclic amide) rings is 1. The molecule has 53 heavy (non-hydrogen) atoms. The monoisotopic (exact) mass is 753 g/mol. The van der Waals surface area contributed by atoms with E-state index in [1.165, 1.54) is 6.08 Å². The quantitative estimate of drug-likeness (QED) is 0.0406. The van der Waals surface area contributed by atoms with Gasteiger partial charge in [0.05, 0.1) is 31.2 Å². The minimum absolute atomic E-state index is 0.0672. The van der Waals surface area contributed by atoms with Gasteiger partial charge in [-0.15, -0.1) is 0 Å². The van der Waals surface area contributed by atoms with Crippen molar-refractivity contribution in [1.82, 2.24) is 14.7 Å². The number of carbonyl (C=O) groups excluding carboxylic acids is 3. The van der Waals surface area contributed by atoms with Crippen LogP contribution in [-0.4, -0.2) is 76.5 Å². The van der Waals surface area contributed by atoms with Gasteiger partial charge >= 0.3 is 5.97 Å². The first kappa shape index (κ1) is 39.9. The minimum atomic E-state index is -3.19. The summed E-state index contributed by atoms with van der Waals surface area (Å²) in [5.41, 5.74) is 1.17. The standard InChI is InChI=1S/C42H52N3O6PSi/c1-9-27-50-41(49)40(52(32-19-13-10-14-20-32,33-21-15-11-16-22-33)34-23-17-12-18-24-34)45-36(29-37(47)35-28-30(2)44(43-35)25-26-46)38(39(45)48)31(3)51-53(7,8)42(4,5)6/h9-24,28,31,36,38,46H,1,25-27,29H2,2-8H3/t31-,36-,38-/m1/s1. The molecule has 280 valence electrons. The Morgan fingerprint density at radius 3 is 1.92 bits per heavy atom. The molecular weight excluding hydrogens is 702 g/mol. The van der Waals surface area contributed by atoms with Gasteiger partial charge in [-0.1, -0.05) is 124 Å². The number of hydrogen-bond acceptors (Lipinski definition) is 7. The average molecular weight is 754 g/mol. The molecule has 0 saturated carbocycles. The third-order valence-corrected chi connectivity index (χ3v) is 19.4. The van der Waals surface area contributed by atoms with Gasteiger partial charge in [0, 0.05) is 19.0 Å². The number of hydrogen-bond donors (Lipinski definition) is 1. The molecule has 0 spiro atoms. The van der Waals surface area contributed by atoms with Crippen LogP contribution in [0.15, 0.2) is 110 Å². The number of nitrogens with zero attached hydrogens (tertiary/aromatic N) is 3. The smallest absolute Gasteiger partial charge is 0.356 e. The largest absolute Gasteiger partial charge is 0.457 e. The summed E-state index contributed by atoms with van der Waals surface area (Å²) in [6.45, 7) is 15.1. The van der Waals surface area contributed by atoms with Crippen molar-refractivity contribution in [2.45, 2.75) is 77.9 Å². The molecule has 1 aliphatic heterocycles. The van der Waals surface area contributed by atoms with Crippen LogP contribution >= 0.6 is 6.89 Å². The van der Waals surface area contributed by atoms with Crippen LogP contribution in [0.4, 0.5) is 0 Å². The third-order valence-electron chi connectivity index (χ3n) is 10.5. The van der Waals surface area contributed by atoms with Crippen LogP contribution < -0.4 is 15.9 Å². The fourth-order valence-electron chi connectivity index (χ4n) is 6.90. The number of rotatable bonds is 15. The van der Waals surface area contributed by atoms with Crippen molar-refractivity contribution in [2.75, 3.05) is 13.2 Å². The number of ketones is 1. The van der Waals surface area contributed by atoms with Crippen molar-refractivity contribution < 1.29 is 28.7 Å². The SMILES string of the molecule is C=CCOC(=O)C(N1C(=O)[C@H]([C@@H](C)O[Si](C)(C)C(C)(C)C)[C@H]1CC(=O)c1cc(C)n(CCO)n1)=P(c1ccccc1)(c1ccccc1)c1ccccc1. The Balaban J connectivity index is 1.82. The van der Waals surface area contributed by atoms with E-state index in [9.17, 15) is 14.7 Å². The van der Waals surface area contributed by atoms with E-state index in [1.807, 2.05) is 105 Å². The second-order valence-corrected chi connectivity index (χ2v) is 23.1. The number of aromatic nitrogens is 2. The first-order valence-corrected chi connectivity index (χ1v) is 22.8. The van der Waals surface area contributed by atoms with Crippen LogP contribution in [0, 0.1) is 12.8 Å². The summed E-state index contributed by atoms with van der Waals surface area (Å²) in [7, 11) is -2.37. The second-order valence-electron chi connectivity index (χ2n) is 15.0. The number of benzene rings is 3. The molecule has 2 heterocycles. The lowest BCUT2D eigenvalue weighted by Gasteiger charge is -2.52. The number of aliphatic hydroxyl groups excluding tert-OH is 1. The van der Waals surface area contributed by atoms with E-state index >= 15 is 4.79 Å². The third kappa shape index (κ3) is 7.83. The highest BCUT2D eigenvalue weighted by Gasteiger charge is 2.57. The fraction of sp³-hybridized carbons (Fsp3) is 0.357. The van der Waals surface area contributed by atoms with Crippen LogP contribution in [0.2, 0.25) is 18.1 Å². The van der Waals surface area contributed by atoms with Crippen molar-refractivity contribution in [3.05, 3.63) is 121 Å². The minimum Gasteiger partial charge on any atom is -0.457 e. The number of aliphatic hydroxyl groups is 1. The Morgan fingerprint density at radius 2 is 1.47 bits per heavy atom. The summed E-state index contributed by atoms with van der Waals surface area (Å²) in [6.07, 6.45) is 0.855. The van der Waals surface area contributed by atoms with Crippen LogP contribution in [0.1, 0.15) is 50.3 Å². The number of aryl methyl sites for hydroxylation is 1. The number of Topliss-reactive ketones (excluding diaryl/α,β-unsaturated/α-hetero) is 1. The molecule has 1 aliphatic rings. The lowest BCUT2D eigenvalue weighted by atomic mass is 9.80. The number of likely N-dealkylation sites (tertiary alicyclic amines) is 1. The molecule has 1 amide bonds. The molecule has 9 nitrogen and oxygen atoms in total. The number of amides is 1. The number of esters is 1. The molecule has 0 unspecified atom stereocenters. The summed E-state index contributed by atoms with van der Waals surface area (Å²) in [5.74, 6) is -1.95. The fourth-order valence-corrected chi connectivity index (χ4v) is 12.7. The molecule has 0 bridgehead atoms. The molecule has 0 radical (unpaired) electrons. The van der Waals surface area contributed by atoms with Crippen LogP contribution in [0.5, 0.6) is 0 Å². The van der Waals surface area contributed by atoms with E-state index in [-0.39, 0.29) is 54.0 Å². The Kier molecular flexibility index (Phi) is 12.3. The number of ether oxygens (including phenoxy) is 1. The summed E-state index contributed by atoms with van der Waals surface area (Å²) < 4.78 is 14.4. The maximum absolute atomic E-state index is 15.0. The first-order chi connectivity index (χ1) is 25.2. The van der Waals surface area contributed by atoms with Crippen molar-refractivity contribution in [2.24, 2.45) is 5.92 Å². The van der Waals surface area contributed by atoms with Gasteiger partial charge in [0.1, 0.15) is 17.7 Å². The molecular formula is C42H52N3O6PSi. The normalized spacial score (nSPS) is 16.8. The zero-order valence-corrected chi connectivity index (χ0v) is 33.8.